The smallest absolute Gasteiger partial charge is 0.262 e. The number of anilines is 1. The summed E-state index contributed by atoms with van der Waals surface area (Å²) in [5.74, 6) is -0.0839. The summed E-state index contributed by atoms with van der Waals surface area (Å²) in [5, 5.41) is 2.84. The van der Waals surface area contributed by atoms with E-state index in [4.69, 9.17) is 16.3 Å². The van der Waals surface area contributed by atoms with Gasteiger partial charge in [0.1, 0.15) is 5.75 Å². The molecule has 0 saturated heterocycles. The van der Waals surface area contributed by atoms with E-state index in [-0.39, 0.29) is 34.2 Å². The minimum absolute atomic E-state index is 0.0323. The summed E-state index contributed by atoms with van der Waals surface area (Å²) in [4.78, 5) is 12.0. The standard InChI is InChI=1S/C20H23ClN2O4S/c21-18-13-17(28(25,26)23-16-9-5-2-6-10-16)11-12-19(18)27-14-20(24)22-15-7-3-1-4-8-15/h1,3-4,7-8,11-13,16,23H,2,5-6,9-10,14H2,(H,22,24). The van der Waals surface area contributed by atoms with Crippen molar-refractivity contribution in [2.45, 2.75) is 43.0 Å². The van der Waals surface area contributed by atoms with Gasteiger partial charge in [-0.2, -0.15) is 0 Å². The van der Waals surface area contributed by atoms with E-state index in [0.717, 1.165) is 32.1 Å². The van der Waals surface area contributed by atoms with Crippen LogP contribution in [0.15, 0.2) is 53.4 Å². The molecule has 1 saturated carbocycles. The van der Waals surface area contributed by atoms with Gasteiger partial charge in [0.2, 0.25) is 10.0 Å². The van der Waals surface area contributed by atoms with E-state index >= 15 is 0 Å². The van der Waals surface area contributed by atoms with Crippen molar-refractivity contribution < 1.29 is 17.9 Å². The van der Waals surface area contributed by atoms with Gasteiger partial charge in [-0.05, 0) is 43.2 Å². The lowest BCUT2D eigenvalue weighted by Crippen LogP contribution is -2.36. The highest BCUT2D eigenvalue weighted by Crippen LogP contribution is 2.28. The highest BCUT2D eigenvalue weighted by molar-refractivity contribution is 7.89. The molecule has 6 nitrogen and oxygen atoms in total. The zero-order valence-electron chi connectivity index (χ0n) is 15.4. The summed E-state index contributed by atoms with van der Waals surface area (Å²) in [6.45, 7) is -0.235. The van der Waals surface area contributed by atoms with Crippen LogP contribution in [-0.2, 0) is 14.8 Å². The van der Waals surface area contributed by atoms with E-state index in [2.05, 4.69) is 10.0 Å². The van der Waals surface area contributed by atoms with E-state index in [1.165, 1.54) is 18.2 Å². The molecule has 0 atom stereocenters. The molecule has 0 aliphatic heterocycles. The Kier molecular flexibility index (Phi) is 6.93. The van der Waals surface area contributed by atoms with Gasteiger partial charge in [0.15, 0.2) is 6.61 Å². The zero-order valence-corrected chi connectivity index (χ0v) is 16.9. The molecule has 0 spiro atoms. The number of para-hydroxylation sites is 1. The minimum atomic E-state index is -3.64. The van der Waals surface area contributed by atoms with E-state index in [1.807, 2.05) is 18.2 Å². The Labute approximate surface area is 170 Å². The number of amides is 1. The lowest BCUT2D eigenvalue weighted by Gasteiger charge is -2.22. The van der Waals surface area contributed by atoms with Crippen LogP contribution in [0, 0.1) is 0 Å². The minimum Gasteiger partial charge on any atom is -0.482 e. The van der Waals surface area contributed by atoms with Gasteiger partial charge in [0.25, 0.3) is 5.91 Å². The fourth-order valence-electron chi connectivity index (χ4n) is 3.14. The quantitative estimate of drug-likeness (QED) is 0.707. The third kappa shape index (κ3) is 5.70. The van der Waals surface area contributed by atoms with Gasteiger partial charge in [-0.1, -0.05) is 49.1 Å². The highest BCUT2D eigenvalue weighted by Gasteiger charge is 2.22. The number of benzene rings is 2. The number of carbonyl (C=O) groups excluding carboxylic acids is 1. The Hall–Kier alpha value is -2.09. The molecule has 0 heterocycles. The van der Waals surface area contributed by atoms with Crippen molar-refractivity contribution in [3.05, 3.63) is 53.6 Å². The van der Waals surface area contributed by atoms with Crippen LogP contribution in [0.3, 0.4) is 0 Å². The second-order valence-electron chi connectivity index (χ2n) is 6.75. The first-order valence-corrected chi connectivity index (χ1v) is 11.1. The molecular formula is C20H23ClN2O4S. The molecule has 1 aliphatic carbocycles. The molecular weight excluding hydrogens is 400 g/mol. The Bertz CT molecular complexity index is 913. The van der Waals surface area contributed by atoms with Crippen LogP contribution in [0.5, 0.6) is 5.75 Å². The van der Waals surface area contributed by atoms with Crippen molar-refractivity contribution in [2.75, 3.05) is 11.9 Å². The molecule has 2 aromatic carbocycles. The Morgan fingerprint density at radius 3 is 2.46 bits per heavy atom. The third-order valence-corrected chi connectivity index (χ3v) is 6.37. The Morgan fingerprint density at radius 2 is 1.79 bits per heavy atom. The average molecular weight is 423 g/mol. The molecule has 1 aliphatic rings. The van der Waals surface area contributed by atoms with Crippen molar-refractivity contribution in [1.29, 1.82) is 0 Å². The van der Waals surface area contributed by atoms with E-state index in [9.17, 15) is 13.2 Å². The normalized spacial score (nSPS) is 15.2. The molecule has 0 aromatic heterocycles. The number of rotatable bonds is 7. The van der Waals surface area contributed by atoms with E-state index in [0.29, 0.717) is 5.69 Å². The molecule has 2 aromatic rings. The number of hydrogen-bond donors (Lipinski definition) is 2. The molecule has 0 bridgehead atoms. The molecule has 150 valence electrons. The number of hydrogen-bond acceptors (Lipinski definition) is 4. The summed E-state index contributed by atoms with van der Waals surface area (Å²) < 4.78 is 33.3. The summed E-state index contributed by atoms with van der Waals surface area (Å²) in [7, 11) is -3.64. The van der Waals surface area contributed by atoms with Crippen molar-refractivity contribution in [3.8, 4) is 5.75 Å². The number of carbonyl (C=O) groups is 1. The van der Waals surface area contributed by atoms with Crippen molar-refractivity contribution in [1.82, 2.24) is 4.72 Å². The third-order valence-electron chi connectivity index (χ3n) is 4.56. The fraction of sp³-hybridized carbons (Fsp3) is 0.350. The van der Waals surface area contributed by atoms with Crippen LogP contribution in [-0.4, -0.2) is 27.0 Å². The molecule has 1 fully saturated rings. The van der Waals surface area contributed by atoms with Crippen LogP contribution in [0.1, 0.15) is 32.1 Å². The maximum absolute atomic E-state index is 12.6. The van der Waals surface area contributed by atoms with Gasteiger partial charge in [0.05, 0.1) is 9.92 Å². The summed E-state index contributed by atoms with van der Waals surface area (Å²) >= 11 is 6.17. The average Bonchev–Trinajstić information content (AvgIpc) is 2.68. The largest absolute Gasteiger partial charge is 0.482 e. The monoisotopic (exact) mass is 422 g/mol. The Balaban J connectivity index is 1.59. The number of sulfonamides is 1. The fourth-order valence-corrected chi connectivity index (χ4v) is 4.77. The predicted octanol–water partition coefficient (Wildman–Crippen LogP) is 3.97. The van der Waals surface area contributed by atoms with Crippen LogP contribution in [0.2, 0.25) is 5.02 Å². The van der Waals surface area contributed by atoms with Crippen LogP contribution in [0.25, 0.3) is 0 Å². The first-order chi connectivity index (χ1) is 13.4. The Morgan fingerprint density at radius 1 is 1.07 bits per heavy atom. The van der Waals surface area contributed by atoms with Gasteiger partial charge in [-0.25, -0.2) is 13.1 Å². The number of ether oxygens (including phenoxy) is 1. The van der Waals surface area contributed by atoms with Crippen molar-refractivity contribution in [2.24, 2.45) is 0 Å². The summed E-state index contributed by atoms with van der Waals surface area (Å²) in [6.07, 6.45) is 4.92. The molecule has 1 amide bonds. The van der Waals surface area contributed by atoms with E-state index < -0.39 is 10.0 Å². The predicted molar refractivity (Wildman–Crippen MR) is 109 cm³/mol. The van der Waals surface area contributed by atoms with Crippen LogP contribution in [0.4, 0.5) is 5.69 Å². The lowest BCUT2D eigenvalue weighted by molar-refractivity contribution is -0.118. The van der Waals surface area contributed by atoms with Gasteiger partial charge < -0.3 is 10.1 Å². The SMILES string of the molecule is O=C(COc1ccc(S(=O)(=O)NC2CCCCC2)cc1Cl)Nc1ccccc1. The van der Waals surface area contributed by atoms with Gasteiger partial charge in [-0.15, -0.1) is 0 Å². The molecule has 0 unspecified atom stereocenters. The van der Waals surface area contributed by atoms with Gasteiger partial charge >= 0.3 is 0 Å². The molecule has 8 heteroatoms. The van der Waals surface area contributed by atoms with Crippen molar-refractivity contribution >= 4 is 33.2 Å². The lowest BCUT2D eigenvalue weighted by atomic mass is 9.96. The second kappa shape index (κ2) is 9.41. The maximum Gasteiger partial charge on any atom is 0.262 e. The molecule has 2 N–H and O–H groups in total. The van der Waals surface area contributed by atoms with E-state index in [1.54, 1.807) is 12.1 Å². The maximum atomic E-state index is 12.6. The number of halogens is 1. The molecule has 0 radical (unpaired) electrons. The van der Waals surface area contributed by atoms with Crippen molar-refractivity contribution in [3.63, 3.8) is 0 Å². The van der Waals surface area contributed by atoms with Gasteiger partial charge in [0, 0.05) is 11.7 Å². The molecule has 3 rings (SSSR count). The first kappa shape index (κ1) is 20.6. The first-order valence-electron chi connectivity index (χ1n) is 9.23. The second-order valence-corrected chi connectivity index (χ2v) is 8.87. The highest BCUT2D eigenvalue weighted by atomic mass is 35.5. The van der Waals surface area contributed by atoms with Crippen LogP contribution < -0.4 is 14.8 Å². The molecule has 28 heavy (non-hydrogen) atoms. The summed E-state index contributed by atoms with van der Waals surface area (Å²) in [5.41, 5.74) is 0.664. The summed E-state index contributed by atoms with van der Waals surface area (Å²) in [6, 6.07) is 13.2. The zero-order chi connectivity index (χ0) is 20.0. The topological polar surface area (TPSA) is 84.5 Å². The number of nitrogens with one attached hydrogen (secondary N) is 2. The van der Waals surface area contributed by atoms with Crippen LogP contribution >= 0.6 is 11.6 Å². The van der Waals surface area contributed by atoms with Gasteiger partial charge in [-0.3, -0.25) is 4.79 Å².